The van der Waals surface area contributed by atoms with E-state index in [2.05, 4.69) is 20.1 Å². The van der Waals surface area contributed by atoms with Gasteiger partial charge in [-0.3, -0.25) is 14.4 Å². The number of aryl methyl sites for hydroxylation is 2. The van der Waals surface area contributed by atoms with Crippen LogP contribution in [0.15, 0.2) is 23.0 Å². The Morgan fingerprint density at radius 3 is 3.00 bits per heavy atom. The minimum Gasteiger partial charge on any atom is -0.336 e. The fourth-order valence-electron chi connectivity index (χ4n) is 4.31. The Balaban J connectivity index is 1.56. The molecule has 2 fully saturated rings. The third kappa shape index (κ3) is 2.71. The lowest BCUT2D eigenvalue weighted by atomic mass is 10.0. The summed E-state index contributed by atoms with van der Waals surface area (Å²) >= 11 is 0. The molecule has 1 atom stereocenters. The van der Waals surface area contributed by atoms with Gasteiger partial charge in [0.25, 0.3) is 11.6 Å². The molecule has 0 aliphatic carbocycles. The third-order valence-electron chi connectivity index (χ3n) is 5.72. The van der Waals surface area contributed by atoms with Crippen LogP contribution < -0.4 is 0 Å². The van der Waals surface area contributed by atoms with Crippen molar-refractivity contribution >= 4 is 17.0 Å². The van der Waals surface area contributed by atoms with E-state index in [1.54, 1.807) is 10.9 Å². The fraction of sp³-hybridized carbons (Fsp3) is 0.474. The van der Waals surface area contributed by atoms with Crippen LogP contribution in [0, 0.1) is 6.92 Å². The number of hydrogen-bond acceptors (Lipinski definition) is 6. The first-order valence-corrected chi connectivity index (χ1v) is 9.39. The van der Waals surface area contributed by atoms with Gasteiger partial charge in [0.2, 0.25) is 0 Å². The molecule has 0 spiro atoms. The van der Waals surface area contributed by atoms with Crippen molar-refractivity contribution < 1.29 is 9.32 Å². The van der Waals surface area contributed by atoms with Gasteiger partial charge in [0.15, 0.2) is 0 Å². The Morgan fingerprint density at radius 1 is 1.30 bits per heavy atom. The maximum atomic E-state index is 13.4. The summed E-state index contributed by atoms with van der Waals surface area (Å²) in [7, 11) is 1.85. The lowest BCUT2D eigenvalue weighted by Gasteiger charge is -2.37. The number of aromatic nitrogens is 4. The van der Waals surface area contributed by atoms with Gasteiger partial charge in [0.1, 0.15) is 0 Å². The SMILES string of the molecule is Cc1noc2nc(-c3cnn(C)c3)cc(C(=O)N3CCN4CCCC4C3)c12. The van der Waals surface area contributed by atoms with Gasteiger partial charge < -0.3 is 9.42 Å². The van der Waals surface area contributed by atoms with Crippen LogP contribution in [-0.4, -0.2) is 67.8 Å². The van der Waals surface area contributed by atoms with E-state index in [-0.39, 0.29) is 5.91 Å². The van der Waals surface area contributed by atoms with E-state index in [0.29, 0.717) is 34.1 Å². The molecule has 2 saturated heterocycles. The van der Waals surface area contributed by atoms with Crippen molar-refractivity contribution in [2.75, 3.05) is 26.2 Å². The number of carbonyl (C=O) groups excluding carboxylic acids is 1. The molecule has 3 aromatic rings. The zero-order chi connectivity index (χ0) is 18.5. The smallest absolute Gasteiger partial charge is 0.259 e. The topological polar surface area (TPSA) is 80.3 Å². The predicted octanol–water partition coefficient (Wildman–Crippen LogP) is 1.85. The van der Waals surface area contributed by atoms with E-state index in [0.717, 1.165) is 31.7 Å². The Hall–Kier alpha value is -2.74. The van der Waals surface area contributed by atoms with Crippen LogP contribution in [0.4, 0.5) is 0 Å². The highest BCUT2D eigenvalue weighted by atomic mass is 16.5. The van der Waals surface area contributed by atoms with E-state index >= 15 is 0 Å². The van der Waals surface area contributed by atoms with E-state index in [9.17, 15) is 4.79 Å². The molecule has 8 nitrogen and oxygen atoms in total. The van der Waals surface area contributed by atoms with Crippen molar-refractivity contribution in [2.24, 2.45) is 7.05 Å². The third-order valence-corrected chi connectivity index (χ3v) is 5.72. The van der Waals surface area contributed by atoms with Crippen molar-refractivity contribution in [3.05, 3.63) is 29.7 Å². The van der Waals surface area contributed by atoms with Gasteiger partial charge in [-0.05, 0) is 32.4 Å². The Kier molecular flexibility index (Phi) is 3.75. The van der Waals surface area contributed by atoms with Crippen LogP contribution in [0.2, 0.25) is 0 Å². The predicted molar refractivity (Wildman–Crippen MR) is 99.2 cm³/mol. The molecule has 0 N–H and O–H groups in total. The summed E-state index contributed by atoms with van der Waals surface area (Å²) < 4.78 is 7.11. The molecule has 0 bridgehead atoms. The highest BCUT2D eigenvalue weighted by molar-refractivity contribution is 6.07. The summed E-state index contributed by atoms with van der Waals surface area (Å²) in [6, 6.07) is 2.34. The molecular formula is C19H22N6O2. The first-order valence-electron chi connectivity index (χ1n) is 9.39. The Morgan fingerprint density at radius 2 is 2.19 bits per heavy atom. The van der Waals surface area contributed by atoms with Crippen molar-refractivity contribution in [2.45, 2.75) is 25.8 Å². The summed E-state index contributed by atoms with van der Waals surface area (Å²) in [6.07, 6.45) is 6.01. The van der Waals surface area contributed by atoms with Crippen LogP contribution in [0.5, 0.6) is 0 Å². The van der Waals surface area contributed by atoms with Crippen molar-refractivity contribution in [3.63, 3.8) is 0 Å². The van der Waals surface area contributed by atoms with Gasteiger partial charge in [-0.15, -0.1) is 0 Å². The molecule has 8 heteroatoms. The molecule has 5 rings (SSSR count). The average molecular weight is 366 g/mol. The summed E-state index contributed by atoms with van der Waals surface area (Å²) in [6.45, 7) is 5.49. The van der Waals surface area contributed by atoms with Gasteiger partial charge in [-0.1, -0.05) is 5.16 Å². The van der Waals surface area contributed by atoms with Gasteiger partial charge >= 0.3 is 0 Å². The van der Waals surface area contributed by atoms with Gasteiger partial charge in [0, 0.05) is 44.5 Å². The number of carbonyl (C=O) groups is 1. The van der Waals surface area contributed by atoms with Crippen LogP contribution in [0.25, 0.3) is 22.4 Å². The highest BCUT2D eigenvalue weighted by Gasteiger charge is 2.34. The first-order chi connectivity index (χ1) is 13.1. The molecule has 27 heavy (non-hydrogen) atoms. The molecular weight excluding hydrogens is 344 g/mol. The molecule has 0 aromatic carbocycles. The van der Waals surface area contributed by atoms with Gasteiger partial charge in [-0.2, -0.15) is 5.10 Å². The van der Waals surface area contributed by atoms with E-state index < -0.39 is 0 Å². The lowest BCUT2D eigenvalue weighted by Crippen LogP contribution is -2.52. The second-order valence-corrected chi connectivity index (χ2v) is 7.49. The molecule has 3 aromatic heterocycles. The highest BCUT2D eigenvalue weighted by Crippen LogP contribution is 2.29. The van der Waals surface area contributed by atoms with Crippen LogP contribution in [0.1, 0.15) is 28.9 Å². The number of hydrogen-bond donors (Lipinski definition) is 0. The quantitative estimate of drug-likeness (QED) is 0.689. The lowest BCUT2D eigenvalue weighted by molar-refractivity contribution is 0.0573. The molecule has 140 valence electrons. The van der Waals surface area contributed by atoms with E-state index in [1.807, 2.05) is 31.1 Å². The number of nitrogens with zero attached hydrogens (tertiary/aromatic N) is 6. The standard InChI is InChI=1S/C19H22N6O2/c1-12-17-15(19(26)25-7-6-24-5-3-4-14(24)11-25)8-16(21-18(17)27-22-12)13-9-20-23(2)10-13/h8-10,14H,3-7,11H2,1-2H3. The van der Waals surface area contributed by atoms with Crippen LogP contribution in [0.3, 0.4) is 0 Å². The maximum absolute atomic E-state index is 13.4. The van der Waals surface area contributed by atoms with Crippen molar-refractivity contribution in [3.8, 4) is 11.3 Å². The molecule has 0 radical (unpaired) electrons. The second-order valence-electron chi connectivity index (χ2n) is 7.49. The molecule has 1 unspecified atom stereocenters. The zero-order valence-corrected chi connectivity index (χ0v) is 15.6. The molecule has 2 aliphatic rings. The number of pyridine rings is 1. The van der Waals surface area contributed by atoms with Crippen LogP contribution in [-0.2, 0) is 7.05 Å². The summed E-state index contributed by atoms with van der Waals surface area (Å²) in [5.74, 6) is 0.0328. The first kappa shape index (κ1) is 16.4. The maximum Gasteiger partial charge on any atom is 0.259 e. The summed E-state index contributed by atoms with van der Waals surface area (Å²) in [5.41, 5.74) is 3.23. The minimum absolute atomic E-state index is 0.0328. The van der Waals surface area contributed by atoms with Crippen molar-refractivity contribution in [1.82, 2.24) is 29.7 Å². The fourth-order valence-corrected chi connectivity index (χ4v) is 4.31. The largest absolute Gasteiger partial charge is 0.336 e. The van der Waals surface area contributed by atoms with Gasteiger partial charge in [-0.25, -0.2) is 4.98 Å². The van der Waals surface area contributed by atoms with Gasteiger partial charge in [0.05, 0.1) is 28.5 Å². The molecule has 2 aliphatic heterocycles. The number of fused-ring (bicyclic) bond motifs is 2. The number of rotatable bonds is 2. The molecule has 0 saturated carbocycles. The monoisotopic (exact) mass is 366 g/mol. The zero-order valence-electron chi connectivity index (χ0n) is 15.6. The van der Waals surface area contributed by atoms with E-state index in [1.165, 1.54) is 12.8 Å². The average Bonchev–Trinajstić information content (AvgIpc) is 3.40. The van der Waals surface area contributed by atoms with E-state index in [4.69, 9.17) is 4.52 Å². The number of amides is 1. The number of piperazine rings is 1. The Bertz CT molecular complexity index is 1020. The normalized spacial score (nSPS) is 20.4. The second kappa shape index (κ2) is 6.16. The van der Waals surface area contributed by atoms with Crippen LogP contribution >= 0.6 is 0 Å². The summed E-state index contributed by atoms with van der Waals surface area (Å²) in [4.78, 5) is 22.5. The summed E-state index contributed by atoms with van der Waals surface area (Å²) in [5, 5.41) is 8.96. The minimum atomic E-state index is 0.0328. The van der Waals surface area contributed by atoms with Crippen molar-refractivity contribution in [1.29, 1.82) is 0 Å². The molecule has 1 amide bonds. The molecule has 5 heterocycles. The Labute approximate surface area is 156 Å².